The Labute approximate surface area is 104 Å². The normalized spacial score (nSPS) is 10.6. The van der Waals surface area contributed by atoms with Crippen molar-refractivity contribution in [3.8, 4) is 11.4 Å². The predicted molar refractivity (Wildman–Crippen MR) is 66.3 cm³/mol. The summed E-state index contributed by atoms with van der Waals surface area (Å²) in [5.74, 6) is -0.861. The maximum atomic E-state index is 10.9. The van der Waals surface area contributed by atoms with Crippen LogP contribution < -0.4 is 0 Å². The van der Waals surface area contributed by atoms with Gasteiger partial charge in [0, 0.05) is 5.69 Å². The van der Waals surface area contributed by atoms with Gasteiger partial charge in [0.25, 0.3) is 0 Å². The fourth-order valence-corrected chi connectivity index (χ4v) is 1.86. The minimum atomic E-state index is -1.04. The highest BCUT2D eigenvalue weighted by Gasteiger charge is 2.14. The number of rotatable bonds is 3. The molecule has 0 aliphatic rings. The molecule has 5 nitrogen and oxygen atoms in total. The number of carboxylic acid groups (broad SMARTS) is 1. The first kappa shape index (κ1) is 12.2. The largest absolute Gasteiger partial charge is 0.508 e. The molecule has 0 unspecified atom stereocenters. The van der Waals surface area contributed by atoms with Crippen molar-refractivity contribution in [2.24, 2.45) is 0 Å². The maximum absolute atomic E-state index is 10.9. The summed E-state index contributed by atoms with van der Waals surface area (Å²) in [6.07, 6.45) is 0.681. The highest BCUT2D eigenvalue weighted by atomic mass is 16.4. The molecule has 0 saturated heterocycles. The van der Waals surface area contributed by atoms with Crippen LogP contribution >= 0.6 is 0 Å². The van der Waals surface area contributed by atoms with Gasteiger partial charge in [0.05, 0.1) is 5.69 Å². The number of benzene rings is 1. The van der Waals surface area contributed by atoms with E-state index in [4.69, 9.17) is 5.11 Å². The van der Waals surface area contributed by atoms with E-state index >= 15 is 0 Å². The van der Waals surface area contributed by atoms with Crippen LogP contribution in [0, 0.1) is 6.92 Å². The van der Waals surface area contributed by atoms with Crippen molar-refractivity contribution < 1.29 is 15.0 Å². The Bertz CT molecular complexity index is 602. The molecule has 18 heavy (non-hydrogen) atoms. The van der Waals surface area contributed by atoms with E-state index in [1.54, 1.807) is 28.9 Å². The third-order valence-electron chi connectivity index (χ3n) is 2.77. The Balaban J connectivity index is 2.58. The number of aromatic carboxylic acids is 1. The first-order chi connectivity index (χ1) is 8.52. The quantitative estimate of drug-likeness (QED) is 0.870. The number of phenols is 1. The van der Waals surface area contributed by atoms with Crippen LogP contribution in [0.5, 0.6) is 5.75 Å². The molecule has 2 rings (SSSR count). The summed E-state index contributed by atoms with van der Waals surface area (Å²) in [5.41, 5.74) is 2.46. The van der Waals surface area contributed by atoms with Gasteiger partial charge in [-0.05, 0) is 43.2 Å². The minimum absolute atomic E-state index is 0.0272. The molecular formula is C13H14N2O3. The van der Waals surface area contributed by atoms with E-state index in [9.17, 15) is 9.90 Å². The molecule has 0 atom stereocenters. The molecule has 2 N–H and O–H groups in total. The van der Waals surface area contributed by atoms with E-state index in [0.29, 0.717) is 6.42 Å². The second kappa shape index (κ2) is 4.52. The summed E-state index contributed by atoms with van der Waals surface area (Å²) in [5, 5.41) is 22.4. The third kappa shape index (κ3) is 2.07. The molecule has 0 bridgehead atoms. The van der Waals surface area contributed by atoms with Crippen LogP contribution in [0.2, 0.25) is 0 Å². The van der Waals surface area contributed by atoms with Crippen molar-refractivity contribution >= 4 is 5.97 Å². The fraction of sp³-hybridized carbons (Fsp3) is 0.231. The van der Waals surface area contributed by atoms with Crippen LogP contribution in [0.4, 0.5) is 0 Å². The number of phenolic OH excluding ortho intramolecular Hbond substituents is 1. The number of hydrogen-bond donors (Lipinski definition) is 2. The van der Waals surface area contributed by atoms with Gasteiger partial charge in [0.1, 0.15) is 5.75 Å². The van der Waals surface area contributed by atoms with Gasteiger partial charge in [-0.2, -0.15) is 5.10 Å². The molecule has 1 aromatic heterocycles. The Hall–Kier alpha value is -2.30. The van der Waals surface area contributed by atoms with Gasteiger partial charge < -0.3 is 10.2 Å². The molecule has 0 radical (unpaired) electrons. The van der Waals surface area contributed by atoms with Crippen LogP contribution in [0.1, 0.15) is 28.7 Å². The van der Waals surface area contributed by atoms with Gasteiger partial charge >= 0.3 is 5.97 Å². The monoisotopic (exact) mass is 246 g/mol. The number of hydrogen-bond acceptors (Lipinski definition) is 3. The van der Waals surface area contributed by atoms with Crippen LogP contribution in [-0.4, -0.2) is 26.0 Å². The lowest BCUT2D eigenvalue weighted by atomic mass is 10.2. The lowest BCUT2D eigenvalue weighted by molar-refractivity contribution is 0.0690. The lowest BCUT2D eigenvalue weighted by Crippen LogP contribution is -2.04. The zero-order chi connectivity index (χ0) is 13.3. The summed E-state index contributed by atoms with van der Waals surface area (Å²) < 4.78 is 1.61. The number of carbonyl (C=O) groups is 1. The summed E-state index contributed by atoms with van der Waals surface area (Å²) in [6, 6.07) is 6.47. The van der Waals surface area contributed by atoms with Crippen molar-refractivity contribution in [3.05, 3.63) is 41.2 Å². The average Bonchev–Trinajstić information content (AvgIpc) is 2.73. The Morgan fingerprint density at radius 3 is 2.67 bits per heavy atom. The zero-order valence-corrected chi connectivity index (χ0v) is 10.2. The van der Waals surface area contributed by atoms with E-state index in [1.165, 1.54) is 0 Å². The molecule has 0 fully saturated rings. The molecule has 0 aliphatic carbocycles. The fourth-order valence-electron chi connectivity index (χ4n) is 1.86. The van der Waals surface area contributed by atoms with Crippen molar-refractivity contribution in [2.75, 3.05) is 0 Å². The van der Waals surface area contributed by atoms with E-state index in [2.05, 4.69) is 5.10 Å². The molecule has 2 aromatic rings. The highest BCUT2D eigenvalue weighted by molar-refractivity contribution is 5.85. The van der Waals surface area contributed by atoms with Crippen LogP contribution in [0.15, 0.2) is 24.3 Å². The lowest BCUT2D eigenvalue weighted by Gasteiger charge is -2.09. The topological polar surface area (TPSA) is 75.3 Å². The van der Waals surface area contributed by atoms with E-state index < -0.39 is 5.97 Å². The second-order valence-corrected chi connectivity index (χ2v) is 4.06. The summed E-state index contributed by atoms with van der Waals surface area (Å²) in [6.45, 7) is 3.78. The smallest absolute Gasteiger partial charge is 0.356 e. The second-order valence-electron chi connectivity index (χ2n) is 4.06. The summed E-state index contributed by atoms with van der Waals surface area (Å²) >= 11 is 0. The molecule has 94 valence electrons. The van der Waals surface area contributed by atoms with Crippen LogP contribution in [0.3, 0.4) is 0 Å². The Morgan fingerprint density at radius 2 is 2.11 bits per heavy atom. The van der Waals surface area contributed by atoms with Crippen molar-refractivity contribution in [3.63, 3.8) is 0 Å². The zero-order valence-electron chi connectivity index (χ0n) is 10.2. The average molecular weight is 246 g/mol. The molecule has 0 spiro atoms. The molecule has 0 saturated carbocycles. The number of aromatic hydroxyl groups is 1. The van der Waals surface area contributed by atoms with Gasteiger partial charge in [-0.15, -0.1) is 0 Å². The summed E-state index contributed by atoms with van der Waals surface area (Å²) in [4.78, 5) is 10.9. The van der Waals surface area contributed by atoms with E-state index in [0.717, 1.165) is 16.9 Å². The SMILES string of the molecule is CCc1cc(C(=O)O)nn1-c1ccc(O)cc1C. The molecule has 5 heteroatoms. The van der Waals surface area contributed by atoms with E-state index in [1.807, 2.05) is 13.8 Å². The highest BCUT2D eigenvalue weighted by Crippen LogP contribution is 2.21. The minimum Gasteiger partial charge on any atom is -0.508 e. The van der Waals surface area contributed by atoms with Gasteiger partial charge in [0.15, 0.2) is 5.69 Å². The van der Waals surface area contributed by atoms with Gasteiger partial charge in [-0.25, -0.2) is 9.48 Å². The number of aryl methyl sites for hydroxylation is 2. The first-order valence-corrected chi connectivity index (χ1v) is 5.65. The predicted octanol–water partition coefficient (Wildman–Crippen LogP) is 2.15. The van der Waals surface area contributed by atoms with Crippen LogP contribution in [0.25, 0.3) is 5.69 Å². The standard InChI is InChI=1S/C13H14N2O3/c1-3-9-7-11(13(17)18)14-15(9)12-5-4-10(16)6-8(12)2/h4-7,16H,3H2,1-2H3,(H,17,18). The number of aromatic nitrogens is 2. The Kier molecular flexibility index (Phi) is 3.06. The molecule has 0 aliphatic heterocycles. The van der Waals surface area contributed by atoms with Crippen molar-refractivity contribution in [1.82, 2.24) is 9.78 Å². The van der Waals surface area contributed by atoms with Crippen LogP contribution in [-0.2, 0) is 6.42 Å². The van der Waals surface area contributed by atoms with Crippen molar-refractivity contribution in [1.29, 1.82) is 0 Å². The van der Waals surface area contributed by atoms with E-state index in [-0.39, 0.29) is 11.4 Å². The van der Waals surface area contributed by atoms with Crippen molar-refractivity contribution in [2.45, 2.75) is 20.3 Å². The van der Waals surface area contributed by atoms with Gasteiger partial charge in [-0.3, -0.25) is 0 Å². The molecule has 1 aromatic carbocycles. The molecule has 1 heterocycles. The Morgan fingerprint density at radius 1 is 1.39 bits per heavy atom. The maximum Gasteiger partial charge on any atom is 0.356 e. The first-order valence-electron chi connectivity index (χ1n) is 5.65. The third-order valence-corrected chi connectivity index (χ3v) is 2.77. The summed E-state index contributed by atoms with van der Waals surface area (Å²) in [7, 11) is 0. The molecule has 0 amide bonds. The number of nitrogens with zero attached hydrogens (tertiary/aromatic N) is 2. The van der Waals surface area contributed by atoms with Gasteiger partial charge in [-0.1, -0.05) is 6.92 Å². The number of carboxylic acids is 1. The van der Waals surface area contributed by atoms with Gasteiger partial charge in [0.2, 0.25) is 0 Å². The molecular weight excluding hydrogens is 232 g/mol.